The van der Waals surface area contributed by atoms with Crippen molar-refractivity contribution in [2.45, 2.75) is 0 Å². The number of nitrogens with zero attached hydrogens (tertiary/aromatic N) is 3. The lowest BCUT2D eigenvalue weighted by atomic mass is 9.99. The Labute approximate surface area is 289 Å². The highest BCUT2D eigenvalue weighted by molar-refractivity contribution is 6.11. The molecule has 2 aromatic heterocycles. The molecule has 0 N–H and O–H groups in total. The summed E-state index contributed by atoms with van der Waals surface area (Å²) in [6, 6.07) is 18.5. The van der Waals surface area contributed by atoms with Crippen LogP contribution in [0.25, 0.3) is 89.1 Å². The van der Waals surface area contributed by atoms with Crippen molar-refractivity contribution in [3.05, 3.63) is 163 Å². The molecule has 47 heavy (non-hydrogen) atoms. The second kappa shape index (κ2) is 11.2. The van der Waals surface area contributed by atoms with E-state index < -0.39 is 65.5 Å². The van der Waals surface area contributed by atoms with Crippen LogP contribution in [0.1, 0.15) is 17.8 Å². The van der Waals surface area contributed by atoms with Crippen LogP contribution in [0.3, 0.4) is 0 Å². The molecule has 0 aliphatic rings. The number of furan rings is 1. The number of aromatic nitrogens is 3. The maximum atomic E-state index is 9.06. The maximum Gasteiger partial charge on any atom is 0.164 e. The molecule has 9 aromatic rings. The van der Waals surface area contributed by atoms with Crippen LogP contribution in [0.5, 0.6) is 0 Å². The van der Waals surface area contributed by atoms with Gasteiger partial charge in [0.1, 0.15) is 11.2 Å². The van der Waals surface area contributed by atoms with Gasteiger partial charge in [0.15, 0.2) is 17.5 Å². The fourth-order valence-corrected chi connectivity index (χ4v) is 5.51. The SMILES string of the molecule is [2H]c1cc([2H])c2oc3c([2H])cc([2H])c(-c4nc(-c5ccc(-c6c([2H])c([2H])c(-c7c([2H])c([2H])c([2H])c([2H])c7[2H])c([2H])c6[2H])cc5)nc(-c5ccc6ccccc6c5)n4)c3c2c1. The van der Waals surface area contributed by atoms with Gasteiger partial charge in [-0.15, -0.1) is 0 Å². The van der Waals surface area contributed by atoms with Gasteiger partial charge >= 0.3 is 0 Å². The predicted octanol–water partition coefficient (Wildman–Crippen LogP) is 11.3. The van der Waals surface area contributed by atoms with Crippen molar-refractivity contribution in [2.75, 3.05) is 0 Å². The van der Waals surface area contributed by atoms with Crippen LogP contribution in [-0.4, -0.2) is 15.0 Å². The minimum Gasteiger partial charge on any atom is -0.456 e. The zero-order valence-corrected chi connectivity index (χ0v) is 24.3. The average molecular weight is 615 g/mol. The van der Waals surface area contributed by atoms with Crippen LogP contribution in [0.2, 0.25) is 0 Å². The first kappa shape index (κ1) is 16.8. The minimum absolute atomic E-state index is 0.0433. The second-order valence-electron chi connectivity index (χ2n) is 10.7. The summed E-state index contributed by atoms with van der Waals surface area (Å²) in [5, 5.41) is 2.58. The van der Waals surface area contributed by atoms with Gasteiger partial charge in [-0.05, 0) is 51.2 Å². The van der Waals surface area contributed by atoms with Crippen LogP contribution in [0, 0.1) is 0 Å². The summed E-state index contributed by atoms with van der Waals surface area (Å²) >= 11 is 0. The molecule has 0 saturated carbocycles. The maximum absolute atomic E-state index is 9.06. The summed E-state index contributed by atoms with van der Waals surface area (Å²) in [6.45, 7) is 0. The lowest BCUT2D eigenvalue weighted by molar-refractivity contribution is 0.669. The summed E-state index contributed by atoms with van der Waals surface area (Å²) in [7, 11) is 0. The van der Waals surface area contributed by atoms with E-state index in [4.69, 9.17) is 37.2 Å². The molecule has 7 aromatic carbocycles. The van der Waals surface area contributed by atoms with Crippen LogP contribution >= 0.6 is 0 Å². The van der Waals surface area contributed by atoms with Crippen molar-refractivity contribution in [1.82, 2.24) is 15.0 Å². The van der Waals surface area contributed by atoms with Gasteiger partial charge in [0.05, 0.1) is 17.8 Å². The van der Waals surface area contributed by atoms with E-state index in [1.54, 1.807) is 24.3 Å². The van der Waals surface area contributed by atoms with E-state index in [1.165, 1.54) is 18.2 Å². The van der Waals surface area contributed by atoms with Gasteiger partial charge in [-0.2, -0.15) is 0 Å². The predicted molar refractivity (Wildman–Crippen MR) is 192 cm³/mol. The van der Waals surface area contributed by atoms with Crippen molar-refractivity contribution in [3.8, 4) is 56.4 Å². The van der Waals surface area contributed by atoms with Gasteiger partial charge in [0.25, 0.3) is 0 Å². The molecule has 0 atom stereocenters. The Hall–Kier alpha value is -6.39. The molecule has 0 fully saturated rings. The molecule has 220 valence electrons. The third-order valence-corrected chi connectivity index (χ3v) is 7.80. The highest BCUT2D eigenvalue weighted by Crippen LogP contribution is 2.37. The van der Waals surface area contributed by atoms with E-state index in [0.29, 0.717) is 21.9 Å². The molecular weight excluding hydrogens is 574 g/mol. The molecule has 0 amide bonds. The molecular formula is C43H27N3O. The largest absolute Gasteiger partial charge is 0.456 e. The van der Waals surface area contributed by atoms with Gasteiger partial charge in [-0.25, -0.2) is 15.0 Å². The Bertz CT molecular complexity index is 3260. The van der Waals surface area contributed by atoms with Crippen molar-refractivity contribution in [2.24, 2.45) is 0 Å². The first-order valence-corrected chi connectivity index (χ1v) is 14.6. The number of para-hydroxylation sites is 1. The van der Waals surface area contributed by atoms with Crippen LogP contribution in [0.4, 0.5) is 0 Å². The third kappa shape index (κ3) is 4.93. The molecule has 9 rings (SSSR count). The van der Waals surface area contributed by atoms with E-state index in [0.717, 1.165) is 10.8 Å². The van der Waals surface area contributed by atoms with Crippen LogP contribution in [0.15, 0.2) is 168 Å². The van der Waals surface area contributed by atoms with Gasteiger partial charge in [0.2, 0.25) is 0 Å². The van der Waals surface area contributed by atoms with Gasteiger partial charge < -0.3 is 4.42 Å². The van der Waals surface area contributed by atoms with Crippen molar-refractivity contribution in [3.63, 3.8) is 0 Å². The highest BCUT2D eigenvalue weighted by Gasteiger charge is 2.18. The molecule has 4 heteroatoms. The lowest BCUT2D eigenvalue weighted by Crippen LogP contribution is -2.00. The summed E-state index contributed by atoms with van der Waals surface area (Å²) in [5.41, 5.74) is 0.916. The van der Waals surface area contributed by atoms with E-state index in [-0.39, 0.29) is 69.5 Å². The highest BCUT2D eigenvalue weighted by atomic mass is 16.3. The van der Waals surface area contributed by atoms with E-state index in [1.807, 2.05) is 42.5 Å². The van der Waals surface area contributed by atoms with E-state index in [2.05, 4.69) is 0 Å². The Morgan fingerprint density at radius 2 is 1.06 bits per heavy atom. The van der Waals surface area contributed by atoms with Gasteiger partial charge in [-0.1, -0.05) is 145 Å². The monoisotopic (exact) mass is 614 g/mol. The number of benzene rings is 7. The molecule has 2 heterocycles. The molecule has 0 unspecified atom stereocenters. The van der Waals surface area contributed by atoms with Crippen molar-refractivity contribution in [1.29, 1.82) is 0 Å². The Kier molecular flexibility index (Phi) is 4.00. The second-order valence-corrected chi connectivity index (χ2v) is 10.7. The quantitative estimate of drug-likeness (QED) is 0.193. The number of hydrogen-bond acceptors (Lipinski definition) is 4. The van der Waals surface area contributed by atoms with E-state index in [9.17, 15) is 0 Å². The summed E-state index contributed by atoms with van der Waals surface area (Å²) in [4.78, 5) is 14.5. The van der Waals surface area contributed by atoms with Crippen LogP contribution < -0.4 is 0 Å². The number of hydrogen-bond donors (Lipinski definition) is 0. The Morgan fingerprint density at radius 1 is 0.426 bits per heavy atom. The fourth-order valence-electron chi connectivity index (χ4n) is 5.51. The first-order valence-electron chi connectivity index (χ1n) is 21.1. The zero-order chi connectivity index (χ0) is 42.5. The molecule has 0 aliphatic heterocycles. The molecule has 0 bridgehead atoms. The molecule has 0 spiro atoms. The third-order valence-electron chi connectivity index (χ3n) is 7.80. The van der Waals surface area contributed by atoms with E-state index >= 15 is 0 Å². The molecule has 0 radical (unpaired) electrons. The van der Waals surface area contributed by atoms with Crippen LogP contribution in [-0.2, 0) is 0 Å². The Balaban J connectivity index is 1.23. The molecule has 0 saturated heterocycles. The lowest BCUT2D eigenvalue weighted by Gasteiger charge is -2.10. The Morgan fingerprint density at radius 3 is 1.87 bits per heavy atom. The standard InChI is InChI=1S/C43H27N3O/c1-2-9-28(10-3-1)30-17-19-31(20-18-30)32-21-24-33(25-22-32)41-44-42(35-26-23-29-11-4-5-12-34(29)27-35)46-43(45-41)37-14-8-16-39-40(37)36-13-6-7-15-38(36)47-39/h1-27H/i1D,2D,3D,6D,9D,10D,14D,15D,16D,17D,18D,19D,20D. The average Bonchev–Trinajstić information content (AvgIpc) is 3.62. The summed E-state index contributed by atoms with van der Waals surface area (Å²) in [5.74, 6) is 0.489. The molecule has 4 nitrogen and oxygen atoms in total. The number of fused-ring (bicyclic) bond motifs is 4. The summed E-state index contributed by atoms with van der Waals surface area (Å²) in [6.07, 6.45) is 0. The first-order chi connectivity index (χ1) is 28.6. The minimum atomic E-state index is -0.660. The zero-order valence-electron chi connectivity index (χ0n) is 37.3. The normalized spacial score (nSPS) is 15.3. The van der Waals surface area contributed by atoms with Crippen molar-refractivity contribution < 1.29 is 22.2 Å². The van der Waals surface area contributed by atoms with Gasteiger partial charge in [-0.3, -0.25) is 0 Å². The smallest absolute Gasteiger partial charge is 0.164 e. The number of rotatable bonds is 5. The van der Waals surface area contributed by atoms with Gasteiger partial charge in [0, 0.05) is 27.5 Å². The topological polar surface area (TPSA) is 51.8 Å². The fraction of sp³-hybridized carbons (Fsp3) is 0. The summed E-state index contributed by atoms with van der Waals surface area (Å²) < 4.78 is 117. The van der Waals surface area contributed by atoms with Crippen molar-refractivity contribution >= 4 is 32.7 Å². The molecule has 0 aliphatic carbocycles.